The summed E-state index contributed by atoms with van der Waals surface area (Å²) in [5.41, 5.74) is 2.60. The number of carbonyl (C=O) groups excluding carboxylic acids is 1. The highest BCUT2D eigenvalue weighted by Gasteiger charge is 2.36. The largest absolute Gasteiger partial charge is 0.377 e. The van der Waals surface area contributed by atoms with Gasteiger partial charge in [0.05, 0.1) is 37.5 Å². The fourth-order valence-electron chi connectivity index (χ4n) is 6.78. The van der Waals surface area contributed by atoms with E-state index in [9.17, 15) is 9.18 Å². The van der Waals surface area contributed by atoms with Gasteiger partial charge < -0.3 is 24.1 Å². The molecule has 0 radical (unpaired) electrons. The number of ether oxygens (including phenoxy) is 2. The molecule has 2 aromatic heterocycles. The molecule has 3 aromatic rings. The van der Waals surface area contributed by atoms with E-state index >= 15 is 4.39 Å². The molecule has 1 amide bonds. The summed E-state index contributed by atoms with van der Waals surface area (Å²) in [6, 6.07) is 6.33. The number of aromatic nitrogens is 2. The van der Waals surface area contributed by atoms with Crippen LogP contribution in [0.4, 0.5) is 8.78 Å². The van der Waals surface area contributed by atoms with Gasteiger partial charge in [0, 0.05) is 49.9 Å². The molecule has 0 saturated carbocycles. The first-order chi connectivity index (χ1) is 20.7. The van der Waals surface area contributed by atoms with Crippen LogP contribution < -0.4 is 5.32 Å². The average Bonchev–Trinajstić information content (AvgIpc) is 3.26. The zero-order chi connectivity index (χ0) is 30.2. The number of hydrogen-bond acceptors (Lipinski definition) is 6. The van der Waals surface area contributed by atoms with Gasteiger partial charge in [-0.3, -0.25) is 9.69 Å². The lowest BCUT2D eigenvalue weighted by Gasteiger charge is -2.46. The maximum atomic E-state index is 15.4. The van der Waals surface area contributed by atoms with Gasteiger partial charge in [-0.05, 0) is 68.5 Å². The first kappa shape index (κ1) is 30.1. The van der Waals surface area contributed by atoms with Crippen LogP contribution in [0.15, 0.2) is 30.5 Å². The van der Waals surface area contributed by atoms with Crippen LogP contribution in [0.3, 0.4) is 0 Å². The van der Waals surface area contributed by atoms with Gasteiger partial charge in [0.25, 0.3) is 5.91 Å². The maximum Gasteiger partial charge on any atom is 0.254 e. The summed E-state index contributed by atoms with van der Waals surface area (Å²) in [4.78, 5) is 22.1. The number of carbonyl (C=O) groups is 1. The Morgan fingerprint density at radius 3 is 2.74 bits per heavy atom. The molecule has 8 nitrogen and oxygen atoms in total. The van der Waals surface area contributed by atoms with E-state index in [2.05, 4.69) is 29.0 Å². The van der Waals surface area contributed by atoms with E-state index in [4.69, 9.17) is 9.47 Å². The van der Waals surface area contributed by atoms with Crippen molar-refractivity contribution in [2.45, 2.75) is 64.6 Å². The minimum Gasteiger partial charge on any atom is -0.377 e. The minimum atomic E-state index is -0.606. The molecule has 3 saturated heterocycles. The van der Waals surface area contributed by atoms with Gasteiger partial charge in [-0.2, -0.15) is 4.39 Å². The Morgan fingerprint density at radius 2 is 2.02 bits per heavy atom. The van der Waals surface area contributed by atoms with Crippen molar-refractivity contribution in [3.05, 3.63) is 59.2 Å². The fraction of sp³-hybridized carbons (Fsp3) is 0.576. The third-order valence-electron chi connectivity index (χ3n) is 9.39. The van der Waals surface area contributed by atoms with Crippen molar-refractivity contribution in [1.29, 1.82) is 0 Å². The van der Waals surface area contributed by atoms with Gasteiger partial charge in [-0.1, -0.05) is 19.9 Å². The molecule has 232 valence electrons. The summed E-state index contributed by atoms with van der Waals surface area (Å²) in [5.74, 6) is -0.205. The predicted molar refractivity (Wildman–Crippen MR) is 161 cm³/mol. The lowest BCUT2D eigenvalue weighted by molar-refractivity contribution is -0.0365. The SMILES string of the molecule is Cc1nc(F)c2c(-c3ccc(F)cc3C(=O)N3CCOC[C@H]3C)cc(C3CN([C@@H](CO[C@H]4CCCNC4)C(C)C)C3)cn12. The second-order valence-electron chi connectivity index (χ2n) is 12.7. The molecular formula is C33H43F2N5O3. The van der Waals surface area contributed by atoms with Crippen LogP contribution in [0.1, 0.15) is 61.3 Å². The van der Waals surface area contributed by atoms with Gasteiger partial charge in [0.15, 0.2) is 0 Å². The third kappa shape index (κ3) is 6.07. The Labute approximate surface area is 252 Å². The lowest BCUT2D eigenvalue weighted by atomic mass is 9.86. The van der Waals surface area contributed by atoms with E-state index in [1.807, 2.05) is 19.2 Å². The molecule has 0 bridgehead atoms. The number of aryl methyl sites for hydroxylation is 1. The number of halogens is 2. The molecule has 0 unspecified atom stereocenters. The molecule has 1 aromatic carbocycles. The van der Waals surface area contributed by atoms with E-state index in [1.54, 1.807) is 22.3 Å². The molecule has 3 atom stereocenters. The van der Waals surface area contributed by atoms with Crippen molar-refractivity contribution in [1.82, 2.24) is 24.5 Å². The number of rotatable bonds is 8. The summed E-state index contributed by atoms with van der Waals surface area (Å²) in [5, 5.41) is 3.42. The number of benzene rings is 1. The fourth-order valence-corrected chi connectivity index (χ4v) is 6.78. The minimum absolute atomic E-state index is 0.147. The van der Waals surface area contributed by atoms with Crippen LogP contribution in [0.2, 0.25) is 0 Å². The van der Waals surface area contributed by atoms with Gasteiger partial charge in [-0.25, -0.2) is 9.37 Å². The Morgan fingerprint density at radius 1 is 1.21 bits per heavy atom. The van der Waals surface area contributed by atoms with Crippen molar-refractivity contribution in [2.24, 2.45) is 5.92 Å². The molecule has 43 heavy (non-hydrogen) atoms. The molecule has 6 rings (SSSR count). The second kappa shape index (κ2) is 12.6. The first-order valence-corrected chi connectivity index (χ1v) is 15.6. The van der Waals surface area contributed by atoms with E-state index in [-0.39, 0.29) is 29.5 Å². The number of imidazole rings is 1. The Balaban J connectivity index is 1.30. The third-order valence-corrected chi connectivity index (χ3v) is 9.39. The zero-order valence-corrected chi connectivity index (χ0v) is 25.6. The molecule has 3 fully saturated rings. The van der Waals surface area contributed by atoms with Crippen molar-refractivity contribution in [3.63, 3.8) is 0 Å². The van der Waals surface area contributed by atoms with Crippen LogP contribution in [0.5, 0.6) is 0 Å². The monoisotopic (exact) mass is 595 g/mol. The van der Waals surface area contributed by atoms with Gasteiger partial charge >= 0.3 is 0 Å². The molecule has 0 spiro atoms. The lowest BCUT2D eigenvalue weighted by Crippen LogP contribution is -2.54. The van der Waals surface area contributed by atoms with Crippen LogP contribution in [0.25, 0.3) is 16.6 Å². The number of morpholine rings is 1. The Hall–Kier alpha value is -2.92. The average molecular weight is 596 g/mol. The van der Waals surface area contributed by atoms with Gasteiger partial charge in [0.1, 0.15) is 17.2 Å². The molecule has 10 heteroatoms. The quantitative estimate of drug-likeness (QED) is 0.409. The molecule has 0 aliphatic carbocycles. The number of hydrogen-bond donors (Lipinski definition) is 1. The molecule has 3 aliphatic heterocycles. The van der Waals surface area contributed by atoms with Gasteiger partial charge in [0.2, 0.25) is 5.95 Å². The summed E-state index contributed by atoms with van der Waals surface area (Å²) >= 11 is 0. The number of likely N-dealkylation sites (tertiary alicyclic amines) is 1. The smallest absolute Gasteiger partial charge is 0.254 e. The maximum absolute atomic E-state index is 15.4. The second-order valence-corrected chi connectivity index (χ2v) is 12.7. The topological polar surface area (TPSA) is 71.3 Å². The zero-order valence-electron chi connectivity index (χ0n) is 25.6. The van der Waals surface area contributed by atoms with Crippen LogP contribution in [0, 0.1) is 24.6 Å². The highest BCUT2D eigenvalue weighted by atomic mass is 19.1. The van der Waals surface area contributed by atoms with Crippen molar-refractivity contribution >= 4 is 11.4 Å². The molecule has 1 N–H and O–H groups in total. The number of nitrogens with one attached hydrogen (secondary N) is 1. The van der Waals surface area contributed by atoms with E-state index in [1.165, 1.54) is 12.1 Å². The highest BCUT2D eigenvalue weighted by molar-refractivity contribution is 6.03. The summed E-state index contributed by atoms with van der Waals surface area (Å²) in [6.07, 6.45) is 4.48. The first-order valence-electron chi connectivity index (χ1n) is 15.6. The number of piperidine rings is 1. The van der Waals surface area contributed by atoms with E-state index < -0.39 is 11.8 Å². The van der Waals surface area contributed by atoms with Crippen LogP contribution >= 0.6 is 0 Å². The number of pyridine rings is 1. The van der Waals surface area contributed by atoms with E-state index in [0.717, 1.165) is 44.6 Å². The van der Waals surface area contributed by atoms with Crippen LogP contribution in [-0.2, 0) is 9.47 Å². The highest BCUT2D eigenvalue weighted by Crippen LogP contribution is 2.37. The number of fused-ring (bicyclic) bond motifs is 1. The van der Waals surface area contributed by atoms with E-state index in [0.29, 0.717) is 60.8 Å². The Bertz CT molecular complexity index is 1460. The van der Waals surface area contributed by atoms with Gasteiger partial charge in [-0.15, -0.1) is 0 Å². The number of amides is 1. The normalized spacial score (nSPS) is 22.7. The number of nitrogens with zero attached hydrogens (tertiary/aromatic N) is 4. The van der Waals surface area contributed by atoms with Crippen molar-refractivity contribution in [3.8, 4) is 11.1 Å². The standard InChI is InChI=1S/C33H43F2N5O3/c1-20(2)30(19-43-26-6-5-9-36-14-26)38-15-24(16-38)23-12-28(31-32(35)37-22(4)40(31)17-23)27-8-7-25(34)13-29(27)33(41)39-10-11-42-18-21(39)3/h7-8,12-13,17,20-21,24,26,30,36H,5-6,9-11,14-16,18-19H2,1-4H3/t21-,26+,30+/m1/s1. The summed E-state index contributed by atoms with van der Waals surface area (Å²) in [6.45, 7) is 13.8. The molecular weight excluding hydrogens is 552 g/mol. The molecule has 5 heterocycles. The summed E-state index contributed by atoms with van der Waals surface area (Å²) in [7, 11) is 0. The predicted octanol–water partition coefficient (Wildman–Crippen LogP) is 4.64. The van der Waals surface area contributed by atoms with Crippen molar-refractivity contribution in [2.75, 3.05) is 52.5 Å². The molecule has 3 aliphatic rings. The van der Waals surface area contributed by atoms with Crippen LogP contribution in [-0.4, -0.2) is 95.8 Å². The Kier molecular flexibility index (Phi) is 8.82. The van der Waals surface area contributed by atoms with Crippen molar-refractivity contribution < 1.29 is 23.0 Å². The summed E-state index contributed by atoms with van der Waals surface area (Å²) < 4.78 is 43.6.